The van der Waals surface area contributed by atoms with Crippen LogP contribution in [0.2, 0.25) is 0 Å². The van der Waals surface area contributed by atoms with Crippen LogP contribution in [0.5, 0.6) is 0 Å². The van der Waals surface area contributed by atoms with Crippen LogP contribution in [0.4, 0.5) is 5.95 Å². The van der Waals surface area contributed by atoms with Gasteiger partial charge in [-0.25, -0.2) is 9.97 Å². The van der Waals surface area contributed by atoms with Gasteiger partial charge in [0.1, 0.15) is 5.82 Å². The third-order valence-electron chi connectivity index (χ3n) is 4.47. The van der Waals surface area contributed by atoms with Crippen LogP contribution in [0.1, 0.15) is 12.2 Å². The lowest BCUT2D eigenvalue weighted by Gasteiger charge is -2.09. The molecule has 0 atom stereocenters. The maximum atomic E-state index is 4.65. The van der Waals surface area contributed by atoms with Gasteiger partial charge in [-0.1, -0.05) is 24.3 Å². The van der Waals surface area contributed by atoms with E-state index in [1.54, 1.807) is 0 Å². The Kier molecular flexibility index (Phi) is 3.69. The predicted molar refractivity (Wildman–Crippen MR) is 98.3 cm³/mol. The summed E-state index contributed by atoms with van der Waals surface area (Å²) in [5.41, 5.74) is 4.45. The minimum absolute atomic E-state index is 0.878. The molecule has 4 aromatic rings. The van der Waals surface area contributed by atoms with Gasteiger partial charge in [0.15, 0.2) is 0 Å². The Bertz CT molecular complexity index is 996. The number of imidazole rings is 2. The summed E-state index contributed by atoms with van der Waals surface area (Å²) in [5, 5.41) is 3.45. The van der Waals surface area contributed by atoms with Crippen LogP contribution >= 0.6 is 0 Å². The molecular formula is C19H21N5. The number of nitrogens with zero attached hydrogens (tertiary/aromatic N) is 4. The Morgan fingerprint density at radius 3 is 2.33 bits per heavy atom. The normalized spacial score (nSPS) is 11.4. The van der Waals surface area contributed by atoms with Crippen molar-refractivity contribution < 1.29 is 0 Å². The largest absolute Gasteiger partial charge is 0.356 e. The summed E-state index contributed by atoms with van der Waals surface area (Å²) in [6, 6.07) is 16.5. The second-order valence-electron chi connectivity index (χ2n) is 6.06. The molecule has 0 bridgehead atoms. The molecule has 5 heteroatoms. The first-order chi connectivity index (χ1) is 11.7. The average molecular weight is 319 g/mol. The molecule has 122 valence electrons. The lowest BCUT2D eigenvalue weighted by Crippen LogP contribution is -2.10. The summed E-state index contributed by atoms with van der Waals surface area (Å²) in [5.74, 6) is 1.99. The van der Waals surface area contributed by atoms with Crippen molar-refractivity contribution in [1.29, 1.82) is 0 Å². The highest BCUT2D eigenvalue weighted by Gasteiger charge is 2.08. The number of fused-ring (bicyclic) bond motifs is 2. The van der Waals surface area contributed by atoms with E-state index in [4.69, 9.17) is 0 Å². The Hall–Kier alpha value is -2.82. The molecule has 0 aliphatic carbocycles. The number of aryl methyl sites for hydroxylation is 3. The molecule has 0 aliphatic heterocycles. The zero-order valence-electron chi connectivity index (χ0n) is 14.0. The molecule has 0 spiro atoms. The minimum atomic E-state index is 0.878. The van der Waals surface area contributed by atoms with E-state index in [0.29, 0.717) is 0 Å². The molecular weight excluding hydrogens is 298 g/mol. The van der Waals surface area contributed by atoms with E-state index < -0.39 is 0 Å². The van der Waals surface area contributed by atoms with Crippen molar-refractivity contribution >= 4 is 28.0 Å². The number of aromatic nitrogens is 4. The van der Waals surface area contributed by atoms with E-state index in [1.165, 1.54) is 5.52 Å². The molecule has 0 unspecified atom stereocenters. The fourth-order valence-electron chi connectivity index (χ4n) is 3.22. The molecule has 0 saturated carbocycles. The number of benzene rings is 2. The summed E-state index contributed by atoms with van der Waals surface area (Å²) >= 11 is 0. The maximum absolute atomic E-state index is 4.65. The van der Waals surface area contributed by atoms with E-state index in [-0.39, 0.29) is 0 Å². The van der Waals surface area contributed by atoms with Gasteiger partial charge >= 0.3 is 0 Å². The summed E-state index contributed by atoms with van der Waals surface area (Å²) in [4.78, 5) is 9.27. The van der Waals surface area contributed by atoms with Gasteiger partial charge in [0.05, 0.1) is 22.1 Å². The van der Waals surface area contributed by atoms with Gasteiger partial charge in [-0.3, -0.25) is 0 Å². The molecule has 0 saturated heterocycles. The number of hydrogen-bond acceptors (Lipinski definition) is 3. The second-order valence-corrected chi connectivity index (χ2v) is 6.06. The van der Waals surface area contributed by atoms with E-state index in [0.717, 1.165) is 47.8 Å². The minimum Gasteiger partial charge on any atom is -0.356 e. The molecule has 5 nitrogen and oxygen atoms in total. The van der Waals surface area contributed by atoms with Gasteiger partial charge in [-0.05, 0) is 37.6 Å². The van der Waals surface area contributed by atoms with Gasteiger partial charge in [-0.2, -0.15) is 0 Å². The Balaban J connectivity index is 1.44. The zero-order chi connectivity index (χ0) is 16.5. The lowest BCUT2D eigenvalue weighted by atomic mass is 10.3. The number of anilines is 1. The molecule has 1 N–H and O–H groups in total. The quantitative estimate of drug-likeness (QED) is 0.570. The van der Waals surface area contributed by atoms with Crippen molar-refractivity contribution in [3.05, 3.63) is 54.4 Å². The van der Waals surface area contributed by atoms with Gasteiger partial charge in [-0.15, -0.1) is 0 Å². The standard InChI is InChI=1S/C19H21N5/c1-14-21-16-9-4-6-11-18(16)24(14)13-7-12-20-19-22-15-8-3-5-10-17(15)23(19)2/h3-6,8-11H,7,12-13H2,1-2H3,(H,20,22). The van der Waals surface area contributed by atoms with Crippen LogP contribution in [0.25, 0.3) is 22.1 Å². The smallest absolute Gasteiger partial charge is 0.203 e. The van der Waals surface area contributed by atoms with Gasteiger partial charge in [0, 0.05) is 20.1 Å². The highest BCUT2D eigenvalue weighted by atomic mass is 15.2. The van der Waals surface area contributed by atoms with Gasteiger partial charge < -0.3 is 14.5 Å². The van der Waals surface area contributed by atoms with Crippen LogP contribution < -0.4 is 5.32 Å². The number of rotatable bonds is 5. The summed E-state index contributed by atoms with van der Waals surface area (Å²) in [7, 11) is 2.05. The second kappa shape index (κ2) is 6.00. The third-order valence-corrected chi connectivity index (χ3v) is 4.47. The number of hydrogen-bond donors (Lipinski definition) is 1. The van der Waals surface area contributed by atoms with Gasteiger partial charge in [0.2, 0.25) is 5.95 Å². The third kappa shape index (κ3) is 2.52. The fourth-order valence-corrected chi connectivity index (χ4v) is 3.22. The average Bonchev–Trinajstić information content (AvgIpc) is 3.09. The first-order valence-electron chi connectivity index (χ1n) is 8.31. The molecule has 0 fully saturated rings. The van der Waals surface area contributed by atoms with E-state index >= 15 is 0 Å². The maximum Gasteiger partial charge on any atom is 0.203 e. The summed E-state index contributed by atoms with van der Waals surface area (Å²) in [6.45, 7) is 3.89. The van der Waals surface area contributed by atoms with Crippen LogP contribution in [-0.4, -0.2) is 25.6 Å². The Morgan fingerprint density at radius 1 is 0.917 bits per heavy atom. The van der Waals surface area contributed by atoms with Crippen molar-refractivity contribution in [2.45, 2.75) is 19.9 Å². The Morgan fingerprint density at radius 2 is 1.58 bits per heavy atom. The zero-order valence-corrected chi connectivity index (χ0v) is 14.0. The molecule has 24 heavy (non-hydrogen) atoms. The lowest BCUT2D eigenvalue weighted by molar-refractivity contribution is 0.656. The first kappa shape index (κ1) is 14.8. The molecule has 0 aliphatic rings. The molecule has 0 radical (unpaired) electrons. The first-order valence-corrected chi connectivity index (χ1v) is 8.31. The van der Waals surface area contributed by atoms with Crippen molar-refractivity contribution in [2.24, 2.45) is 7.05 Å². The van der Waals surface area contributed by atoms with Crippen molar-refractivity contribution in [1.82, 2.24) is 19.1 Å². The van der Waals surface area contributed by atoms with Crippen LogP contribution in [-0.2, 0) is 13.6 Å². The predicted octanol–water partition coefficient (Wildman–Crippen LogP) is 3.73. The number of para-hydroxylation sites is 4. The van der Waals surface area contributed by atoms with Crippen molar-refractivity contribution in [2.75, 3.05) is 11.9 Å². The van der Waals surface area contributed by atoms with E-state index in [9.17, 15) is 0 Å². The van der Waals surface area contributed by atoms with Crippen LogP contribution in [0.15, 0.2) is 48.5 Å². The van der Waals surface area contributed by atoms with Crippen LogP contribution in [0.3, 0.4) is 0 Å². The SMILES string of the molecule is Cc1nc2ccccc2n1CCCNc1nc2ccccc2n1C. The summed E-state index contributed by atoms with van der Waals surface area (Å²) in [6.07, 6.45) is 1.02. The summed E-state index contributed by atoms with van der Waals surface area (Å²) < 4.78 is 4.39. The monoisotopic (exact) mass is 319 g/mol. The molecule has 2 aromatic heterocycles. The van der Waals surface area contributed by atoms with E-state index in [1.807, 2.05) is 31.3 Å². The van der Waals surface area contributed by atoms with Gasteiger partial charge in [0.25, 0.3) is 0 Å². The Labute approximate surface area is 141 Å². The molecule has 2 aromatic carbocycles. The highest BCUT2D eigenvalue weighted by molar-refractivity contribution is 5.78. The van der Waals surface area contributed by atoms with Crippen molar-refractivity contribution in [3.63, 3.8) is 0 Å². The fraction of sp³-hybridized carbons (Fsp3) is 0.263. The van der Waals surface area contributed by atoms with Crippen molar-refractivity contribution in [3.8, 4) is 0 Å². The topological polar surface area (TPSA) is 47.7 Å². The molecule has 2 heterocycles. The highest BCUT2D eigenvalue weighted by Crippen LogP contribution is 2.18. The molecule has 4 rings (SSSR count). The van der Waals surface area contributed by atoms with E-state index in [2.05, 4.69) is 55.6 Å². The van der Waals surface area contributed by atoms with Crippen LogP contribution in [0, 0.1) is 6.92 Å². The number of nitrogens with one attached hydrogen (secondary N) is 1. The molecule has 0 amide bonds.